The van der Waals surface area contributed by atoms with E-state index in [1.54, 1.807) is 13.0 Å². The van der Waals surface area contributed by atoms with E-state index in [1.165, 1.54) is 0 Å². The van der Waals surface area contributed by atoms with Crippen LogP contribution in [0.1, 0.15) is 20.9 Å². The number of hydrogen-bond acceptors (Lipinski definition) is 5. The molecule has 1 aromatic carbocycles. The smallest absolute Gasteiger partial charge is 0.183 e. The van der Waals surface area contributed by atoms with Gasteiger partial charge in [0.05, 0.1) is 16.5 Å². The van der Waals surface area contributed by atoms with Gasteiger partial charge in [-0.1, -0.05) is 35.1 Å². The molecule has 1 N–H and O–H groups in total. The van der Waals surface area contributed by atoms with Gasteiger partial charge in [-0.25, -0.2) is 4.98 Å². The number of carboxylic acid groups (broad SMARTS) is 1. The van der Waals surface area contributed by atoms with Crippen molar-refractivity contribution in [2.45, 2.75) is 13.5 Å². The number of carboxylic acids is 1. The van der Waals surface area contributed by atoms with Gasteiger partial charge in [-0.05, 0) is 24.6 Å². The summed E-state index contributed by atoms with van der Waals surface area (Å²) < 4.78 is 0. The Morgan fingerprint density at radius 3 is 2.94 bits per heavy atom. The van der Waals surface area contributed by atoms with Crippen LogP contribution in [-0.2, 0) is 6.54 Å². The Balaban J connectivity index is 2.06. The third-order valence-corrected chi connectivity index (χ3v) is 3.65. The average Bonchev–Trinajstić information content (AvgIpc) is 2.68. The summed E-state index contributed by atoms with van der Waals surface area (Å²) >= 11 is 6.94. The standard InChI is InChI=1S/C12H11ClN2O2S/c1-7-10(11(16)17)18-12(15-7)14-6-8-3-2-4-9(13)5-8/h2-5H,6H2,1H3,(H,14,15)(H,16,17)/p-1. The Kier molecular flexibility index (Phi) is 3.84. The van der Waals surface area contributed by atoms with E-state index in [4.69, 9.17) is 11.6 Å². The van der Waals surface area contributed by atoms with Crippen molar-refractivity contribution in [3.63, 3.8) is 0 Å². The van der Waals surface area contributed by atoms with Crippen LogP contribution >= 0.6 is 22.9 Å². The Labute approximate surface area is 113 Å². The largest absolute Gasteiger partial charge is 0.544 e. The number of benzene rings is 1. The number of nitrogens with zero attached hydrogens (tertiary/aromatic N) is 1. The summed E-state index contributed by atoms with van der Waals surface area (Å²) in [5.41, 5.74) is 1.47. The number of anilines is 1. The molecule has 0 aliphatic heterocycles. The molecule has 0 bridgehead atoms. The van der Waals surface area contributed by atoms with Crippen LogP contribution in [0.2, 0.25) is 5.02 Å². The zero-order chi connectivity index (χ0) is 13.1. The molecule has 0 aliphatic rings. The second-order valence-electron chi connectivity index (χ2n) is 3.70. The number of rotatable bonds is 4. The maximum absolute atomic E-state index is 10.8. The van der Waals surface area contributed by atoms with Crippen LogP contribution in [0.15, 0.2) is 24.3 Å². The molecule has 94 valence electrons. The van der Waals surface area contributed by atoms with E-state index in [9.17, 15) is 9.90 Å². The number of aromatic nitrogens is 1. The Hall–Kier alpha value is -1.59. The first-order valence-electron chi connectivity index (χ1n) is 5.23. The molecule has 2 aromatic rings. The predicted octanol–water partition coefficient (Wildman–Crippen LogP) is 2.08. The Morgan fingerprint density at radius 1 is 1.56 bits per heavy atom. The lowest BCUT2D eigenvalue weighted by molar-refractivity contribution is -0.254. The van der Waals surface area contributed by atoms with Crippen LogP contribution in [0.3, 0.4) is 0 Å². The summed E-state index contributed by atoms with van der Waals surface area (Å²) in [6, 6.07) is 7.43. The molecule has 2 rings (SSSR count). The van der Waals surface area contributed by atoms with Gasteiger partial charge in [-0.15, -0.1) is 0 Å². The van der Waals surface area contributed by atoms with Crippen molar-refractivity contribution in [3.8, 4) is 0 Å². The lowest BCUT2D eigenvalue weighted by Crippen LogP contribution is -2.21. The number of carbonyl (C=O) groups excluding carboxylic acids is 1. The lowest BCUT2D eigenvalue weighted by atomic mass is 10.2. The highest BCUT2D eigenvalue weighted by Crippen LogP contribution is 2.22. The highest BCUT2D eigenvalue weighted by Gasteiger charge is 2.07. The summed E-state index contributed by atoms with van der Waals surface area (Å²) in [5, 5.41) is 15.1. The van der Waals surface area contributed by atoms with Crippen molar-refractivity contribution >= 4 is 34.0 Å². The first-order chi connectivity index (χ1) is 8.56. The zero-order valence-electron chi connectivity index (χ0n) is 9.57. The maximum atomic E-state index is 10.8. The molecule has 0 amide bonds. The van der Waals surface area contributed by atoms with Crippen LogP contribution in [-0.4, -0.2) is 11.0 Å². The molecule has 0 saturated heterocycles. The van der Waals surface area contributed by atoms with Crippen LogP contribution < -0.4 is 10.4 Å². The topological polar surface area (TPSA) is 65.0 Å². The van der Waals surface area contributed by atoms with Crippen molar-refractivity contribution < 1.29 is 9.90 Å². The third kappa shape index (κ3) is 3.00. The van der Waals surface area contributed by atoms with E-state index >= 15 is 0 Å². The summed E-state index contributed by atoms with van der Waals surface area (Å²) in [6.45, 7) is 2.19. The molecule has 6 heteroatoms. The fourth-order valence-corrected chi connectivity index (χ4v) is 2.50. The monoisotopic (exact) mass is 281 g/mol. The average molecular weight is 282 g/mol. The number of thiazole rings is 1. The third-order valence-electron chi connectivity index (χ3n) is 2.31. The molecule has 1 heterocycles. The maximum Gasteiger partial charge on any atom is 0.183 e. The first-order valence-corrected chi connectivity index (χ1v) is 6.43. The Morgan fingerprint density at radius 2 is 2.33 bits per heavy atom. The fourth-order valence-electron chi connectivity index (χ4n) is 1.49. The van der Waals surface area contributed by atoms with Crippen LogP contribution in [0.4, 0.5) is 5.13 Å². The molecule has 0 fully saturated rings. The van der Waals surface area contributed by atoms with Gasteiger partial charge in [0.15, 0.2) is 5.13 Å². The van der Waals surface area contributed by atoms with E-state index in [0.29, 0.717) is 22.4 Å². The predicted molar refractivity (Wildman–Crippen MR) is 70.0 cm³/mol. The fraction of sp³-hybridized carbons (Fsp3) is 0.167. The van der Waals surface area contributed by atoms with Crippen molar-refractivity contribution in [1.82, 2.24) is 4.98 Å². The lowest BCUT2D eigenvalue weighted by Gasteiger charge is -2.02. The molecular weight excluding hydrogens is 272 g/mol. The van der Waals surface area contributed by atoms with Crippen LogP contribution in [0.5, 0.6) is 0 Å². The van der Waals surface area contributed by atoms with Gasteiger partial charge in [0.25, 0.3) is 0 Å². The van der Waals surface area contributed by atoms with E-state index < -0.39 is 5.97 Å². The molecule has 0 saturated carbocycles. The second-order valence-corrected chi connectivity index (χ2v) is 5.14. The number of aromatic carboxylic acids is 1. The summed E-state index contributed by atoms with van der Waals surface area (Å²) in [7, 11) is 0. The van der Waals surface area contributed by atoms with Crippen molar-refractivity contribution in [1.29, 1.82) is 0 Å². The van der Waals surface area contributed by atoms with Crippen molar-refractivity contribution in [3.05, 3.63) is 45.4 Å². The number of nitrogens with one attached hydrogen (secondary N) is 1. The van der Waals surface area contributed by atoms with Gasteiger partial charge in [-0.2, -0.15) is 0 Å². The quantitative estimate of drug-likeness (QED) is 0.932. The summed E-state index contributed by atoms with van der Waals surface area (Å²) in [6.07, 6.45) is 0. The first kappa shape index (κ1) is 12.9. The van der Waals surface area contributed by atoms with Crippen molar-refractivity contribution in [2.24, 2.45) is 0 Å². The van der Waals surface area contributed by atoms with Gasteiger partial charge in [0.2, 0.25) is 0 Å². The number of hydrogen-bond donors (Lipinski definition) is 1. The summed E-state index contributed by atoms with van der Waals surface area (Å²) in [5.74, 6) is -1.19. The van der Waals surface area contributed by atoms with Gasteiger partial charge in [0.1, 0.15) is 0 Å². The minimum absolute atomic E-state index is 0.156. The molecule has 1 aromatic heterocycles. The van der Waals surface area contributed by atoms with E-state index in [1.807, 2.05) is 18.2 Å². The Bertz CT molecular complexity index is 583. The molecule has 0 atom stereocenters. The van der Waals surface area contributed by atoms with Crippen LogP contribution in [0.25, 0.3) is 0 Å². The highest BCUT2D eigenvalue weighted by molar-refractivity contribution is 7.17. The van der Waals surface area contributed by atoms with Gasteiger partial charge >= 0.3 is 0 Å². The van der Waals surface area contributed by atoms with Crippen LogP contribution in [0, 0.1) is 6.92 Å². The highest BCUT2D eigenvalue weighted by atomic mass is 35.5. The molecule has 4 nitrogen and oxygen atoms in total. The van der Waals surface area contributed by atoms with Gasteiger partial charge in [0, 0.05) is 11.6 Å². The molecular formula is C12H10ClN2O2S-. The SMILES string of the molecule is Cc1nc(NCc2cccc(Cl)c2)sc1C(=O)[O-]. The summed E-state index contributed by atoms with van der Waals surface area (Å²) in [4.78, 5) is 15.0. The molecule has 0 radical (unpaired) electrons. The minimum Gasteiger partial charge on any atom is -0.544 e. The molecule has 0 aliphatic carbocycles. The van der Waals surface area contributed by atoms with Crippen molar-refractivity contribution in [2.75, 3.05) is 5.32 Å². The number of halogens is 1. The zero-order valence-corrected chi connectivity index (χ0v) is 11.1. The second kappa shape index (κ2) is 5.37. The molecule has 0 unspecified atom stereocenters. The van der Waals surface area contributed by atoms with Gasteiger partial charge < -0.3 is 15.2 Å². The van der Waals surface area contributed by atoms with Gasteiger partial charge in [-0.3, -0.25) is 0 Å². The minimum atomic E-state index is -1.19. The molecule has 18 heavy (non-hydrogen) atoms. The number of carbonyl (C=O) groups is 1. The van der Waals surface area contributed by atoms with E-state index in [2.05, 4.69) is 10.3 Å². The molecule has 0 spiro atoms. The number of aryl methyl sites for hydroxylation is 1. The normalized spacial score (nSPS) is 10.3. The van der Waals surface area contributed by atoms with E-state index in [0.717, 1.165) is 16.9 Å². The van der Waals surface area contributed by atoms with E-state index in [-0.39, 0.29) is 4.88 Å².